The van der Waals surface area contributed by atoms with Crippen molar-refractivity contribution in [2.45, 2.75) is 30.7 Å². The van der Waals surface area contributed by atoms with Crippen molar-refractivity contribution >= 4 is 17.7 Å². The summed E-state index contributed by atoms with van der Waals surface area (Å²) < 4.78 is 0. The van der Waals surface area contributed by atoms with E-state index in [1.54, 1.807) is 0 Å². The van der Waals surface area contributed by atoms with Crippen LogP contribution in [0.15, 0.2) is 59.5 Å². The Bertz CT molecular complexity index is 599. The van der Waals surface area contributed by atoms with Crippen molar-refractivity contribution in [2.24, 2.45) is 0 Å². The largest absolute Gasteiger partial charge is 0.396 e. The molecule has 3 nitrogen and oxygen atoms in total. The SMILES string of the molecule is Cc1ccc(SCC(=O)NC(CCCO)c2ccccc2)cc1. The molecule has 0 heterocycles. The summed E-state index contributed by atoms with van der Waals surface area (Å²) in [6.45, 7) is 2.18. The molecule has 0 aliphatic carbocycles. The van der Waals surface area contributed by atoms with Gasteiger partial charge >= 0.3 is 0 Å². The lowest BCUT2D eigenvalue weighted by Crippen LogP contribution is -2.30. The third kappa shape index (κ3) is 6.08. The molecule has 122 valence electrons. The molecule has 2 aromatic rings. The van der Waals surface area contributed by atoms with E-state index in [1.165, 1.54) is 17.3 Å². The first-order chi connectivity index (χ1) is 11.2. The van der Waals surface area contributed by atoms with Crippen LogP contribution in [-0.4, -0.2) is 23.4 Å². The molecule has 0 fully saturated rings. The number of benzene rings is 2. The molecule has 1 unspecified atom stereocenters. The molecule has 2 rings (SSSR count). The minimum absolute atomic E-state index is 0.0161. The number of aliphatic hydroxyl groups excluding tert-OH is 1. The van der Waals surface area contributed by atoms with E-state index >= 15 is 0 Å². The molecule has 0 aliphatic heterocycles. The molecule has 2 N–H and O–H groups in total. The number of aliphatic hydroxyl groups is 1. The maximum Gasteiger partial charge on any atom is 0.230 e. The van der Waals surface area contributed by atoms with Gasteiger partial charge in [0, 0.05) is 11.5 Å². The number of hydrogen-bond acceptors (Lipinski definition) is 3. The first-order valence-electron chi connectivity index (χ1n) is 7.83. The fraction of sp³-hybridized carbons (Fsp3) is 0.316. The summed E-state index contributed by atoms with van der Waals surface area (Å²) in [5, 5.41) is 12.1. The average molecular weight is 329 g/mol. The summed E-state index contributed by atoms with van der Waals surface area (Å²) in [4.78, 5) is 13.3. The lowest BCUT2D eigenvalue weighted by molar-refractivity contribution is -0.119. The van der Waals surface area contributed by atoms with Crippen LogP contribution in [0.2, 0.25) is 0 Å². The van der Waals surface area contributed by atoms with Crippen LogP contribution in [0.1, 0.15) is 30.0 Å². The second kappa shape index (κ2) is 9.38. The van der Waals surface area contributed by atoms with Crippen molar-refractivity contribution in [2.75, 3.05) is 12.4 Å². The van der Waals surface area contributed by atoms with Crippen molar-refractivity contribution in [3.63, 3.8) is 0 Å². The zero-order valence-corrected chi connectivity index (χ0v) is 14.2. The lowest BCUT2D eigenvalue weighted by Gasteiger charge is -2.19. The first kappa shape index (κ1) is 17.6. The normalized spacial score (nSPS) is 11.9. The van der Waals surface area contributed by atoms with E-state index in [0.29, 0.717) is 12.2 Å². The molecule has 1 atom stereocenters. The molecule has 0 saturated heterocycles. The Kier molecular flexibility index (Phi) is 7.17. The number of rotatable bonds is 8. The Hall–Kier alpha value is -1.78. The van der Waals surface area contributed by atoms with E-state index in [4.69, 9.17) is 5.11 Å². The monoisotopic (exact) mass is 329 g/mol. The first-order valence-corrected chi connectivity index (χ1v) is 8.82. The highest BCUT2D eigenvalue weighted by atomic mass is 32.2. The summed E-state index contributed by atoms with van der Waals surface area (Å²) >= 11 is 1.54. The number of carbonyl (C=O) groups excluding carboxylic acids is 1. The van der Waals surface area contributed by atoms with Gasteiger partial charge in [0.2, 0.25) is 5.91 Å². The fourth-order valence-corrected chi connectivity index (χ4v) is 3.03. The second-order valence-corrected chi connectivity index (χ2v) is 6.55. The third-order valence-corrected chi connectivity index (χ3v) is 4.59. The van der Waals surface area contributed by atoms with Gasteiger partial charge in [-0.25, -0.2) is 0 Å². The number of amides is 1. The summed E-state index contributed by atoms with van der Waals surface area (Å²) in [6, 6.07) is 18.0. The number of thioether (sulfide) groups is 1. The topological polar surface area (TPSA) is 49.3 Å². The van der Waals surface area contributed by atoms with Crippen molar-refractivity contribution in [1.82, 2.24) is 5.32 Å². The zero-order chi connectivity index (χ0) is 16.5. The van der Waals surface area contributed by atoms with E-state index in [-0.39, 0.29) is 18.6 Å². The van der Waals surface area contributed by atoms with Crippen LogP contribution < -0.4 is 5.32 Å². The molecule has 0 aromatic heterocycles. The number of hydrogen-bond donors (Lipinski definition) is 2. The van der Waals surface area contributed by atoms with E-state index in [2.05, 4.69) is 5.32 Å². The van der Waals surface area contributed by atoms with Gasteiger partial charge in [0.1, 0.15) is 0 Å². The van der Waals surface area contributed by atoms with Crippen LogP contribution in [-0.2, 0) is 4.79 Å². The molecule has 0 radical (unpaired) electrons. The molecule has 23 heavy (non-hydrogen) atoms. The van der Waals surface area contributed by atoms with E-state index < -0.39 is 0 Å². The molecule has 1 amide bonds. The fourth-order valence-electron chi connectivity index (χ4n) is 2.32. The Morgan fingerprint density at radius 1 is 1.13 bits per heavy atom. The Morgan fingerprint density at radius 2 is 1.83 bits per heavy atom. The standard InChI is InChI=1S/C19H23NO2S/c1-15-9-11-17(12-10-15)23-14-19(22)20-18(8-5-13-21)16-6-3-2-4-7-16/h2-4,6-7,9-12,18,21H,5,8,13-14H2,1H3,(H,20,22). The molecule has 4 heteroatoms. The van der Waals surface area contributed by atoms with E-state index in [9.17, 15) is 4.79 Å². The summed E-state index contributed by atoms with van der Waals surface area (Å²) in [5.74, 6) is 0.410. The average Bonchev–Trinajstić information content (AvgIpc) is 2.59. The highest BCUT2D eigenvalue weighted by Gasteiger charge is 2.14. The van der Waals surface area contributed by atoms with Gasteiger partial charge in [-0.2, -0.15) is 0 Å². The van der Waals surface area contributed by atoms with Crippen molar-refractivity contribution < 1.29 is 9.90 Å². The van der Waals surface area contributed by atoms with Gasteiger partial charge in [0.15, 0.2) is 0 Å². The zero-order valence-electron chi connectivity index (χ0n) is 13.4. The molecule has 0 aliphatic rings. The van der Waals surface area contributed by atoms with E-state index in [1.807, 2.05) is 61.5 Å². The van der Waals surface area contributed by atoms with Crippen molar-refractivity contribution in [3.05, 3.63) is 65.7 Å². The Labute approximate surface area is 142 Å². The Balaban J connectivity index is 1.90. The number of aryl methyl sites for hydroxylation is 1. The van der Waals surface area contributed by atoms with Crippen molar-refractivity contribution in [3.8, 4) is 0 Å². The molecule has 0 saturated carbocycles. The van der Waals surface area contributed by atoms with Crippen LogP contribution >= 0.6 is 11.8 Å². The molecule has 2 aromatic carbocycles. The smallest absolute Gasteiger partial charge is 0.230 e. The lowest BCUT2D eigenvalue weighted by atomic mass is 10.0. The molecular formula is C19H23NO2S. The maximum atomic E-state index is 12.2. The Morgan fingerprint density at radius 3 is 2.48 bits per heavy atom. The quantitative estimate of drug-likeness (QED) is 0.726. The van der Waals surface area contributed by atoms with Gasteiger partial charge in [-0.15, -0.1) is 11.8 Å². The second-order valence-electron chi connectivity index (χ2n) is 5.50. The summed E-state index contributed by atoms with van der Waals surface area (Å²) in [7, 11) is 0. The van der Waals surface area contributed by atoms with Crippen LogP contribution in [0.25, 0.3) is 0 Å². The van der Waals surface area contributed by atoms with Gasteiger partial charge in [0.25, 0.3) is 0 Å². The van der Waals surface area contributed by atoms with Gasteiger partial charge in [-0.05, 0) is 37.5 Å². The van der Waals surface area contributed by atoms with Gasteiger partial charge in [-0.1, -0.05) is 48.0 Å². The van der Waals surface area contributed by atoms with Crippen molar-refractivity contribution in [1.29, 1.82) is 0 Å². The minimum atomic E-state index is -0.0468. The highest BCUT2D eigenvalue weighted by molar-refractivity contribution is 8.00. The molecule has 0 bridgehead atoms. The maximum absolute atomic E-state index is 12.2. The predicted molar refractivity (Wildman–Crippen MR) is 95.5 cm³/mol. The number of nitrogens with one attached hydrogen (secondary N) is 1. The van der Waals surface area contributed by atoms with Gasteiger partial charge in [0.05, 0.1) is 11.8 Å². The van der Waals surface area contributed by atoms with Gasteiger partial charge < -0.3 is 10.4 Å². The predicted octanol–water partition coefficient (Wildman–Crippen LogP) is 3.72. The molecular weight excluding hydrogens is 306 g/mol. The summed E-state index contributed by atoms with van der Waals surface area (Å²) in [6.07, 6.45) is 1.41. The third-order valence-electron chi connectivity index (χ3n) is 3.58. The highest BCUT2D eigenvalue weighted by Crippen LogP contribution is 2.21. The van der Waals surface area contributed by atoms with Crippen LogP contribution in [0.5, 0.6) is 0 Å². The summed E-state index contributed by atoms with van der Waals surface area (Å²) in [5.41, 5.74) is 2.29. The number of carbonyl (C=O) groups is 1. The van der Waals surface area contributed by atoms with Gasteiger partial charge in [-0.3, -0.25) is 4.79 Å². The van der Waals surface area contributed by atoms with E-state index in [0.717, 1.165) is 16.9 Å². The van der Waals surface area contributed by atoms with Crippen LogP contribution in [0.4, 0.5) is 0 Å². The molecule has 0 spiro atoms. The van der Waals surface area contributed by atoms with Crippen LogP contribution in [0, 0.1) is 6.92 Å². The minimum Gasteiger partial charge on any atom is -0.396 e. The van der Waals surface area contributed by atoms with Crippen LogP contribution in [0.3, 0.4) is 0 Å².